The Morgan fingerprint density at radius 3 is 2.06 bits per heavy atom. The molecule has 1 saturated carbocycles. The zero-order valence-electron chi connectivity index (χ0n) is 22.9. The van der Waals surface area contributed by atoms with E-state index >= 15 is 0 Å². The van der Waals surface area contributed by atoms with Gasteiger partial charge in [0.25, 0.3) is 0 Å². The molecule has 3 unspecified atom stereocenters. The van der Waals surface area contributed by atoms with E-state index in [-0.39, 0.29) is 46.5 Å². The second kappa shape index (κ2) is 11.4. The van der Waals surface area contributed by atoms with Crippen LogP contribution in [-0.2, 0) is 13.6 Å². The lowest BCUT2D eigenvalue weighted by atomic mass is 9.94. The minimum Gasteiger partial charge on any atom is -0.413 e. The van der Waals surface area contributed by atoms with Gasteiger partial charge < -0.3 is 14.0 Å². The van der Waals surface area contributed by atoms with Crippen molar-refractivity contribution in [3.63, 3.8) is 0 Å². The Morgan fingerprint density at radius 2 is 1.59 bits per heavy atom. The van der Waals surface area contributed by atoms with Crippen molar-refractivity contribution in [3.8, 4) is 0 Å². The predicted octanol–water partition coefficient (Wildman–Crippen LogP) is 7.10. The average Bonchev–Trinajstić information content (AvgIpc) is 2.91. The third-order valence-corrected chi connectivity index (χ3v) is 17.1. The maximum atomic E-state index is 12.7. The summed E-state index contributed by atoms with van der Waals surface area (Å²) in [6.07, 6.45) is 9.14. The van der Waals surface area contributed by atoms with Gasteiger partial charge in [0.1, 0.15) is 5.78 Å². The monoisotopic (exact) mass is 484 g/mol. The van der Waals surface area contributed by atoms with Crippen LogP contribution in [-0.4, -0.2) is 46.3 Å². The maximum absolute atomic E-state index is 12.7. The molecule has 0 aromatic carbocycles. The van der Waals surface area contributed by atoms with Crippen molar-refractivity contribution in [2.45, 2.75) is 129 Å². The molecule has 4 nitrogen and oxygen atoms in total. The minimum absolute atomic E-state index is 0.0472. The molecular weight excluding hydrogens is 432 g/mol. The Hall–Kier alpha value is -0.276. The molecule has 0 aliphatic heterocycles. The largest absolute Gasteiger partial charge is 0.413 e. The summed E-state index contributed by atoms with van der Waals surface area (Å²) in [5.41, 5.74) is 0. The highest BCUT2D eigenvalue weighted by Crippen LogP contribution is 2.42. The van der Waals surface area contributed by atoms with Crippen LogP contribution in [0.15, 0.2) is 12.2 Å². The number of Topliss-reactive ketones (excluding diaryl/α,β-unsaturated/α-hetero) is 1. The lowest BCUT2D eigenvalue weighted by Crippen LogP contribution is -2.45. The van der Waals surface area contributed by atoms with Crippen LogP contribution in [0.3, 0.4) is 0 Å². The second-order valence-electron chi connectivity index (χ2n) is 12.8. The van der Waals surface area contributed by atoms with E-state index in [4.69, 9.17) is 8.85 Å². The first-order valence-electron chi connectivity index (χ1n) is 12.6. The highest BCUT2D eigenvalue weighted by Gasteiger charge is 2.47. The summed E-state index contributed by atoms with van der Waals surface area (Å²) < 4.78 is 13.5. The van der Waals surface area contributed by atoms with Gasteiger partial charge in [-0.05, 0) is 42.7 Å². The normalized spacial score (nSPS) is 24.5. The quantitative estimate of drug-likeness (QED) is 0.193. The molecule has 0 amide bonds. The molecule has 0 radical (unpaired) electrons. The van der Waals surface area contributed by atoms with Crippen molar-refractivity contribution in [2.75, 3.05) is 6.61 Å². The molecule has 0 aromatic rings. The van der Waals surface area contributed by atoms with Gasteiger partial charge >= 0.3 is 0 Å². The molecule has 0 bridgehead atoms. The van der Waals surface area contributed by atoms with Crippen LogP contribution in [0.4, 0.5) is 0 Å². The van der Waals surface area contributed by atoms with Gasteiger partial charge in [-0.25, -0.2) is 0 Å². The van der Waals surface area contributed by atoms with E-state index in [0.717, 1.165) is 12.8 Å². The average molecular weight is 485 g/mol. The summed E-state index contributed by atoms with van der Waals surface area (Å²) in [4.78, 5) is 12.7. The lowest BCUT2D eigenvalue weighted by Gasteiger charge is -2.40. The van der Waals surface area contributed by atoms with E-state index in [1.54, 1.807) is 0 Å². The number of unbranched alkanes of at least 4 members (excludes halogenated alkanes) is 2. The van der Waals surface area contributed by atoms with Crippen LogP contribution in [0, 0.1) is 11.8 Å². The predicted molar refractivity (Wildman–Crippen MR) is 141 cm³/mol. The number of rotatable bonds is 11. The van der Waals surface area contributed by atoms with E-state index in [0.29, 0.717) is 6.42 Å². The van der Waals surface area contributed by atoms with Crippen LogP contribution in [0.25, 0.3) is 0 Å². The molecular formula is C26H52O4Si2. The van der Waals surface area contributed by atoms with Gasteiger partial charge in [-0.3, -0.25) is 4.79 Å². The fraction of sp³-hybridized carbons (Fsp3) is 0.885. The van der Waals surface area contributed by atoms with Crippen molar-refractivity contribution < 1.29 is 18.8 Å². The number of aliphatic hydroxyl groups is 1. The molecule has 1 rings (SSSR count). The van der Waals surface area contributed by atoms with Crippen molar-refractivity contribution in [2.24, 2.45) is 11.8 Å². The number of carbonyl (C=O) groups is 1. The van der Waals surface area contributed by atoms with Crippen LogP contribution >= 0.6 is 0 Å². The smallest absolute Gasteiger partial charge is 0.192 e. The van der Waals surface area contributed by atoms with E-state index in [9.17, 15) is 9.90 Å². The Kier molecular flexibility index (Phi) is 10.6. The molecule has 1 fully saturated rings. The molecule has 0 spiro atoms. The SMILES string of the molecule is CCCCC[C@H](C=CC1C(O[Si](C)(C)C(C)(C)C)CC(=O)C1CO)O[Si](C)(C)C(C)(C)C. The van der Waals surface area contributed by atoms with Crippen molar-refractivity contribution in [1.82, 2.24) is 0 Å². The molecule has 6 heteroatoms. The van der Waals surface area contributed by atoms with Gasteiger partial charge in [-0.2, -0.15) is 0 Å². The van der Waals surface area contributed by atoms with E-state index in [2.05, 4.69) is 86.8 Å². The van der Waals surface area contributed by atoms with E-state index in [1.165, 1.54) is 12.8 Å². The zero-order chi connectivity index (χ0) is 25.0. The maximum Gasteiger partial charge on any atom is 0.192 e. The summed E-state index contributed by atoms with van der Waals surface area (Å²) in [5.74, 6) is -0.331. The van der Waals surface area contributed by atoms with E-state index < -0.39 is 16.6 Å². The number of hydrogen-bond acceptors (Lipinski definition) is 4. The van der Waals surface area contributed by atoms with Gasteiger partial charge in [-0.1, -0.05) is 79.9 Å². The van der Waals surface area contributed by atoms with Gasteiger partial charge in [0.15, 0.2) is 16.6 Å². The van der Waals surface area contributed by atoms with Crippen LogP contribution < -0.4 is 0 Å². The lowest BCUT2D eigenvalue weighted by molar-refractivity contribution is -0.122. The van der Waals surface area contributed by atoms with Crippen LogP contribution in [0.5, 0.6) is 0 Å². The van der Waals surface area contributed by atoms with E-state index in [1.807, 2.05) is 0 Å². The molecule has 0 heterocycles. The summed E-state index contributed by atoms with van der Waals surface area (Å²) >= 11 is 0. The molecule has 32 heavy (non-hydrogen) atoms. The Morgan fingerprint density at radius 1 is 1.03 bits per heavy atom. The highest BCUT2D eigenvalue weighted by molar-refractivity contribution is 6.74. The fourth-order valence-electron chi connectivity index (χ4n) is 3.71. The minimum atomic E-state index is -2.02. The molecule has 1 aliphatic carbocycles. The summed E-state index contributed by atoms with van der Waals surface area (Å²) in [6.45, 7) is 24.7. The third kappa shape index (κ3) is 7.90. The number of hydrogen-bond donors (Lipinski definition) is 1. The first kappa shape index (κ1) is 29.8. The molecule has 0 aromatic heterocycles. The topological polar surface area (TPSA) is 55.8 Å². The summed E-state index contributed by atoms with van der Waals surface area (Å²) in [5, 5.41) is 10.2. The van der Waals surface area contributed by atoms with Crippen LogP contribution in [0.2, 0.25) is 36.3 Å². The highest BCUT2D eigenvalue weighted by atomic mass is 28.4. The molecule has 1 N–H and O–H groups in total. The fourth-order valence-corrected chi connectivity index (χ4v) is 6.37. The molecule has 4 atom stereocenters. The molecule has 1 aliphatic rings. The standard InChI is InChI=1S/C26H52O4Si2/c1-12-13-14-15-20(29-31(8,9)25(2,3)4)16-17-21-22(19-27)23(28)18-24(21)30-32(10,11)26(5,6)7/h16-17,20-22,24,27H,12-15,18-19H2,1-11H3/t20-,21?,22?,24?/m1/s1. The first-order valence-corrected chi connectivity index (χ1v) is 18.5. The Balaban J connectivity index is 3.14. The zero-order valence-corrected chi connectivity index (χ0v) is 24.9. The molecule has 0 saturated heterocycles. The number of ketones is 1. The van der Waals surface area contributed by atoms with Crippen molar-refractivity contribution in [1.29, 1.82) is 0 Å². The van der Waals surface area contributed by atoms with Crippen LogP contribution in [0.1, 0.15) is 80.6 Å². The van der Waals surface area contributed by atoms with Gasteiger partial charge in [0.2, 0.25) is 0 Å². The Bertz CT molecular complexity index is 629. The van der Waals surface area contributed by atoms with Crippen molar-refractivity contribution >= 4 is 22.4 Å². The van der Waals surface area contributed by atoms with Gasteiger partial charge in [0.05, 0.1) is 18.8 Å². The molecule has 188 valence electrons. The summed E-state index contributed by atoms with van der Waals surface area (Å²) in [6, 6.07) is 0. The third-order valence-electron chi connectivity index (χ3n) is 8.05. The Labute approximate surface area is 200 Å². The van der Waals surface area contributed by atoms with Gasteiger partial charge in [0, 0.05) is 18.3 Å². The second-order valence-corrected chi connectivity index (χ2v) is 22.3. The number of carbonyl (C=O) groups excluding carboxylic acids is 1. The summed E-state index contributed by atoms with van der Waals surface area (Å²) in [7, 11) is -3.94. The van der Waals surface area contributed by atoms with Crippen molar-refractivity contribution in [3.05, 3.63) is 12.2 Å². The number of aliphatic hydroxyl groups excluding tert-OH is 1. The first-order chi connectivity index (χ1) is 14.5. The van der Waals surface area contributed by atoms with Gasteiger partial charge in [-0.15, -0.1) is 0 Å².